The molecule has 19 heavy (non-hydrogen) atoms. The highest BCUT2D eigenvalue weighted by molar-refractivity contribution is 6.31. The number of halogens is 1. The number of carbonyl (C=O) groups is 1. The minimum Gasteiger partial charge on any atom is -0.495 e. The molecular formula is C14H19ClN2O2. The summed E-state index contributed by atoms with van der Waals surface area (Å²) in [5, 5.41) is 3.38. The van der Waals surface area contributed by atoms with Gasteiger partial charge in [0.25, 0.3) is 0 Å². The molecule has 0 unspecified atom stereocenters. The summed E-state index contributed by atoms with van der Waals surface area (Å²) in [5.74, 6) is 0.500. The number of methoxy groups -OCH3 is 1. The number of carbonyl (C=O) groups excluding carboxylic acids is 1. The minimum absolute atomic E-state index is 0.0926. The number of hydrogen-bond donors (Lipinski definition) is 2. The second-order valence-electron chi connectivity index (χ2n) is 5.14. The number of nitrogens with one attached hydrogen (secondary N) is 1. The smallest absolute Gasteiger partial charge is 0.226 e. The second kappa shape index (κ2) is 5.80. The average Bonchev–Trinajstić information content (AvgIpc) is 2.75. The lowest BCUT2D eigenvalue weighted by atomic mass is 9.94. The fourth-order valence-electron chi connectivity index (χ4n) is 2.55. The van der Waals surface area contributed by atoms with Crippen LogP contribution in [0.3, 0.4) is 0 Å². The Morgan fingerprint density at radius 2 is 2.16 bits per heavy atom. The summed E-state index contributed by atoms with van der Waals surface area (Å²) in [6.45, 7) is 0. The maximum absolute atomic E-state index is 12.1. The highest BCUT2D eigenvalue weighted by Gasteiger charge is 2.31. The van der Waals surface area contributed by atoms with Crippen LogP contribution in [-0.4, -0.2) is 18.6 Å². The second-order valence-corrected chi connectivity index (χ2v) is 5.58. The molecule has 1 aliphatic carbocycles. The van der Waals surface area contributed by atoms with Gasteiger partial charge >= 0.3 is 0 Å². The third-order valence-corrected chi connectivity index (χ3v) is 3.78. The van der Waals surface area contributed by atoms with Crippen LogP contribution in [-0.2, 0) is 4.79 Å². The van der Waals surface area contributed by atoms with E-state index in [2.05, 4.69) is 5.32 Å². The van der Waals surface area contributed by atoms with E-state index < -0.39 is 0 Å². The van der Waals surface area contributed by atoms with Gasteiger partial charge in [-0.25, -0.2) is 0 Å². The zero-order valence-corrected chi connectivity index (χ0v) is 11.8. The standard InChI is InChI=1S/C14H19ClN2O2/c1-19-12-5-4-10(15)8-11(12)17-13(18)9-14(16)6-2-3-7-14/h4-5,8H,2-3,6-7,9,16H2,1H3,(H,17,18). The van der Waals surface area contributed by atoms with Crippen LogP contribution in [0.4, 0.5) is 5.69 Å². The van der Waals surface area contributed by atoms with E-state index in [1.54, 1.807) is 25.3 Å². The van der Waals surface area contributed by atoms with Crippen molar-refractivity contribution >= 4 is 23.2 Å². The van der Waals surface area contributed by atoms with Gasteiger partial charge in [0.1, 0.15) is 5.75 Å². The van der Waals surface area contributed by atoms with Crippen LogP contribution >= 0.6 is 11.6 Å². The molecule has 0 bridgehead atoms. The Bertz CT molecular complexity index is 471. The van der Waals surface area contributed by atoms with Crippen molar-refractivity contribution in [3.05, 3.63) is 23.2 Å². The van der Waals surface area contributed by atoms with Gasteiger partial charge in [-0.05, 0) is 31.0 Å². The van der Waals surface area contributed by atoms with E-state index in [9.17, 15) is 4.79 Å². The molecule has 1 amide bonds. The Morgan fingerprint density at radius 1 is 1.47 bits per heavy atom. The van der Waals surface area contributed by atoms with Gasteiger partial charge in [0.05, 0.1) is 12.8 Å². The maximum atomic E-state index is 12.1. The Labute approximate surface area is 118 Å². The van der Waals surface area contributed by atoms with Gasteiger partial charge < -0.3 is 15.8 Å². The SMILES string of the molecule is COc1ccc(Cl)cc1NC(=O)CC1(N)CCCC1. The van der Waals surface area contributed by atoms with E-state index in [1.807, 2.05) is 0 Å². The molecule has 0 atom stereocenters. The molecule has 0 aliphatic heterocycles. The molecule has 1 aliphatic rings. The molecule has 1 aromatic rings. The van der Waals surface area contributed by atoms with Crippen molar-refractivity contribution in [3.8, 4) is 5.75 Å². The monoisotopic (exact) mass is 282 g/mol. The Kier molecular flexibility index (Phi) is 4.32. The summed E-state index contributed by atoms with van der Waals surface area (Å²) in [6.07, 6.45) is 4.36. The molecule has 0 heterocycles. The van der Waals surface area contributed by atoms with Crippen molar-refractivity contribution in [1.82, 2.24) is 0 Å². The van der Waals surface area contributed by atoms with E-state index in [0.29, 0.717) is 22.9 Å². The molecule has 3 N–H and O–H groups in total. The first kappa shape index (κ1) is 14.2. The highest BCUT2D eigenvalue weighted by Crippen LogP contribution is 2.32. The van der Waals surface area contributed by atoms with Crippen LogP contribution in [0.1, 0.15) is 32.1 Å². The third kappa shape index (κ3) is 3.61. The van der Waals surface area contributed by atoms with Crippen LogP contribution in [0.15, 0.2) is 18.2 Å². The number of nitrogens with two attached hydrogens (primary N) is 1. The minimum atomic E-state index is -0.351. The molecule has 0 spiro atoms. The van der Waals surface area contributed by atoms with Gasteiger partial charge in [-0.15, -0.1) is 0 Å². The molecule has 104 valence electrons. The van der Waals surface area contributed by atoms with Crippen molar-refractivity contribution in [3.63, 3.8) is 0 Å². The van der Waals surface area contributed by atoms with Gasteiger partial charge in [0, 0.05) is 17.0 Å². The first-order chi connectivity index (χ1) is 9.02. The molecule has 0 radical (unpaired) electrons. The Hall–Kier alpha value is -1.26. The van der Waals surface area contributed by atoms with Crippen molar-refractivity contribution in [2.24, 2.45) is 5.73 Å². The van der Waals surface area contributed by atoms with Gasteiger partial charge in [0.15, 0.2) is 0 Å². The summed E-state index contributed by atoms with van der Waals surface area (Å²) in [4.78, 5) is 12.1. The molecule has 2 rings (SSSR count). The fourth-order valence-corrected chi connectivity index (χ4v) is 2.72. The number of benzene rings is 1. The van der Waals surface area contributed by atoms with E-state index in [0.717, 1.165) is 25.7 Å². The Morgan fingerprint density at radius 3 is 2.79 bits per heavy atom. The summed E-state index contributed by atoms with van der Waals surface area (Å²) < 4.78 is 5.19. The molecular weight excluding hydrogens is 264 g/mol. The van der Waals surface area contributed by atoms with E-state index >= 15 is 0 Å². The van der Waals surface area contributed by atoms with Gasteiger partial charge in [0.2, 0.25) is 5.91 Å². The fraction of sp³-hybridized carbons (Fsp3) is 0.500. The van der Waals surface area contributed by atoms with Crippen molar-refractivity contribution in [1.29, 1.82) is 0 Å². The van der Waals surface area contributed by atoms with Crippen LogP contribution in [0.25, 0.3) is 0 Å². The van der Waals surface area contributed by atoms with Gasteiger partial charge in [-0.1, -0.05) is 24.4 Å². The lowest BCUT2D eigenvalue weighted by molar-refractivity contribution is -0.117. The number of anilines is 1. The topological polar surface area (TPSA) is 64.3 Å². The first-order valence-electron chi connectivity index (χ1n) is 6.45. The Balaban J connectivity index is 2.04. The molecule has 1 fully saturated rings. The zero-order chi connectivity index (χ0) is 13.9. The molecule has 1 saturated carbocycles. The highest BCUT2D eigenvalue weighted by atomic mass is 35.5. The molecule has 0 saturated heterocycles. The van der Waals surface area contributed by atoms with E-state index in [1.165, 1.54) is 0 Å². The van der Waals surface area contributed by atoms with Gasteiger partial charge in [-0.2, -0.15) is 0 Å². The average molecular weight is 283 g/mol. The van der Waals surface area contributed by atoms with Crippen LogP contribution in [0.2, 0.25) is 5.02 Å². The summed E-state index contributed by atoms with van der Waals surface area (Å²) in [7, 11) is 1.56. The molecule has 5 heteroatoms. The number of rotatable bonds is 4. The van der Waals surface area contributed by atoms with Crippen molar-refractivity contribution < 1.29 is 9.53 Å². The lowest BCUT2D eigenvalue weighted by Gasteiger charge is -2.22. The van der Waals surface area contributed by atoms with Crippen molar-refractivity contribution in [2.45, 2.75) is 37.6 Å². The van der Waals surface area contributed by atoms with E-state index in [-0.39, 0.29) is 11.4 Å². The molecule has 1 aromatic carbocycles. The lowest BCUT2D eigenvalue weighted by Crippen LogP contribution is -2.40. The predicted octanol–water partition coefficient (Wildman–Crippen LogP) is 2.95. The maximum Gasteiger partial charge on any atom is 0.226 e. The summed E-state index contributed by atoms with van der Waals surface area (Å²) in [5.41, 5.74) is 6.43. The van der Waals surface area contributed by atoms with Crippen LogP contribution in [0, 0.1) is 0 Å². The normalized spacial score (nSPS) is 17.2. The van der Waals surface area contributed by atoms with Crippen molar-refractivity contribution in [2.75, 3.05) is 12.4 Å². The quantitative estimate of drug-likeness (QED) is 0.892. The number of hydrogen-bond acceptors (Lipinski definition) is 3. The molecule has 0 aromatic heterocycles. The molecule has 4 nitrogen and oxygen atoms in total. The third-order valence-electron chi connectivity index (χ3n) is 3.55. The largest absolute Gasteiger partial charge is 0.495 e. The van der Waals surface area contributed by atoms with Crippen LogP contribution in [0.5, 0.6) is 5.75 Å². The zero-order valence-electron chi connectivity index (χ0n) is 11.0. The first-order valence-corrected chi connectivity index (χ1v) is 6.82. The van der Waals surface area contributed by atoms with Crippen LogP contribution < -0.4 is 15.8 Å². The number of amides is 1. The summed E-state index contributed by atoms with van der Waals surface area (Å²) >= 11 is 5.92. The number of ether oxygens (including phenoxy) is 1. The van der Waals surface area contributed by atoms with E-state index in [4.69, 9.17) is 22.1 Å². The summed E-state index contributed by atoms with van der Waals surface area (Å²) in [6, 6.07) is 5.12. The predicted molar refractivity (Wildman–Crippen MR) is 76.6 cm³/mol. The van der Waals surface area contributed by atoms with Gasteiger partial charge in [-0.3, -0.25) is 4.79 Å².